The summed E-state index contributed by atoms with van der Waals surface area (Å²) in [5, 5.41) is 0.730. The second kappa shape index (κ2) is 7.32. The highest BCUT2D eigenvalue weighted by atomic mass is 35.5. The van der Waals surface area contributed by atoms with Crippen LogP contribution in [0.15, 0.2) is 72.8 Å². The Balaban J connectivity index is 1.84. The molecule has 0 saturated carbocycles. The molecule has 0 spiro atoms. The van der Waals surface area contributed by atoms with E-state index in [0.717, 1.165) is 33.0 Å². The standard InChI is InChI=1S/C20H18ClNO/c21-19-9-5-4-8-18(19)16-10-11-20(17(12-16)13-22)23-14-15-6-2-1-3-7-15/h1-12H,13-14,22H2. The summed E-state index contributed by atoms with van der Waals surface area (Å²) in [7, 11) is 0. The summed E-state index contributed by atoms with van der Waals surface area (Å²) in [6.45, 7) is 0.946. The SMILES string of the molecule is NCc1cc(-c2ccccc2Cl)ccc1OCc1ccccc1. The fourth-order valence-electron chi connectivity index (χ4n) is 2.48. The zero-order valence-electron chi connectivity index (χ0n) is 12.7. The molecule has 116 valence electrons. The van der Waals surface area contributed by atoms with Gasteiger partial charge in [0.05, 0.1) is 0 Å². The van der Waals surface area contributed by atoms with E-state index in [0.29, 0.717) is 13.2 Å². The molecule has 0 aliphatic carbocycles. The molecule has 0 heterocycles. The molecule has 0 bridgehead atoms. The highest BCUT2D eigenvalue weighted by Gasteiger charge is 2.08. The average molecular weight is 324 g/mol. The van der Waals surface area contributed by atoms with Gasteiger partial charge in [0, 0.05) is 22.7 Å². The molecule has 23 heavy (non-hydrogen) atoms. The number of hydrogen-bond acceptors (Lipinski definition) is 2. The van der Waals surface area contributed by atoms with Crippen molar-refractivity contribution in [3.05, 3.63) is 88.9 Å². The fraction of sp³-hybridized carbons (Fsp3) is 0.100. The van der Waals surface area contributed by atoms with Crippen LogP contribution in [-0.4, -0.2) is 0 Å². The fourth-order valence-corrected chi connectivity index (χ4v) is 2.72. The molecule has 3 heteroatoms. The smallest absolute Gasteiger partial charge is 0.124 e. The number of ether oxygens (including phenoxy) is 1. The van der Waals surface area contributed by atoms with Crippen LogP contribution in [0.4, 0.5) is 0 Å². The molecule has 2 N–H and O–H groups in total. The van der Waals surface area contributed by atoms with Crippen molar-refractivity contribution >= 4 is 11.6 Å². The summed E-state index contributed by atoms with van der Waals surface area (Å²) in [5.41, 5.74) is 10.0. The maximum atomic E-state index is 6.27. The second-order valence-corrected chi connectivity index (χ2v) is 5.69. The van der Waals surface area contributed by atoms with Crippen molar-refractivity contribution in [1.29, 1.82) is 0 Å². The molecule has 0 radical (unpaired) electrons. The molecule has 0 aliphatic heterocycles. The van der Waals surface area contributed by atoms with Crippen molar-refractivity contribution in [2.75, 3.05) is 0 Å². The molecular formula is C20H18ClNO. The predicted octanol–water partition coefficient (Wildman–Crippen LogP) is 5.04. The lowest BCUT2D eigenvalue weighted by Crippen LogP contribution is -2.03. The zero-order chi connectivity index (χ0) is 16.1. The van der Waals surface area contributed by atoms with Crippen LogP contribution in [-0.2, 0) is 13.2 Å². The minimum Gasteiger partial charge on any atom is -0.489 e. The lowest BCUT2D eigenvalue weighted by atomic mass is 10.0. The third-order valence-electron chi connectivity index (χ3n) is 3.70. The molecule has 0 unspecified atom stereocenters. The molecule has 0 aromatic heterocycles. The number of rotatable bonds is 5. The molecule has 0 atom stereocenters. The van der Waals surface area contributed by atoms with E-state index in [-0.39, 0.29) is 0 Å². The Morgan fingerprint density at radius 3 is 2.35 bits per heavy atom. The third kappa shape index (κ3) is 3.73. The topological polar surface area (TPSA) is 35.2 Å². The highest BCUT2D eigenvalue weighted by molar-refractivity contribution is 6.33. The monoisotopic (exact) mass is 323 g/mol. The Bertz CT molecular complexity index is 787. The Kier molecular flexibility index (Phi) is 4.96. The molecule has 2 nitrogen and oxygen atoms in total. The Morgan fingerprint density at radius 2 is 1.61 bits per heavy atom. The normalized spacial score (nSPS) is 10.5. The van der Waals surface area contributed by atoms with Gasteiger partial charge in [-0.25, -0.2) is 0 Å². The van der Waals surface area contributed by atoms with E-state index >= 15 is 0 Å². The van der Waals surface area contributed by atoms with Crippen molar-refractivity contribution < 1.29 is 4.74 Å². The summed E-state index contributed by atoms with van der Waals surface area (Å²) >= 11 is 6.27. The third-order valence-corrected chi connectivity index (χ3v) is 4.03. The van der Waals surface area contributed by atoms with Gasteiger partial charge in [-0.05, 0) is 29.3 Å². The lowest BCUT2D eigenvalue weighted by Gasteiger charge is -2.13. The van der Waals surface area contributed by atoms with Crippen molar-refractivity contribution in [2.24, 2.45) is 5.73 Å². The number of benzene rings is 3. The van der Waals surface area contributed by atoms with Gasteiger partial charge in [-0.1, -0.05) is 66.2 Å². The first kappa shape index (κ1) is 15.6. The Morgan fingerprint density at radius 1 is 0.870 bits per heavy atom. The van der Waals surface area contributed by atoms with Gasteiger partial charge in [0.15, 0.2) is 0 Å². The zero-order valence-corrected chi connectivity index (χ0v) is 13.5. The quantitative estimate of drug-likeness (QED) is 0.713. The largest absolute Gasteiger partial charge is 0.489 e. The number of hydrogen-bond donors (Lipinski definition) is 1. The molecule has 0 fully saturated rings. The maximum Gasteiger partial charge on any atom is 0.124 e. The first-order valence-corrected chi connectivity index (χ1v) is 7.90. The van der Waals surface area contributed by atoms with Gasteiger partial charge in [-0.15, -0.1) is 0 Å². The number of halogens is 1. The predicted molar refractivity (Wildman–Crippen MR) is 95.6 cm³/mol. The van der Waals surface area contributed by atoms with Crippen LogP contribution < -0.4 is 10.5 Å². The lowest BCUT2D eigenvalue weighted by molar-refractivity contribution is 0.303. The van der Waals surface area contributed by atoms with Gasteiger partial charge in [0.2, 0.25) is 0 Å². The van der Waals surface area contributed by atoms with E-state index in [9.17, 15) is 0 Å². The van der Waals surface area contributed by atoms with Crippen molar-refractivity contribution in [1.82, 2.24) is 0 Å². The summed E-state index contributed by atoms with van der Waals surface area (Å²) in [4.78, 5) is 0. The molecule has 3 aromatic carbocycles. The van der Waals surface area contributed by atoms with Crippen molar-refractivity contribution in [2.45, 2.75) is 13.2 Å². The van der Waals surface area contributed by atoms with Crippen LogP contribution in [0.1, 0.15) is 11.1 Å². The van der Waals surface area contributed by atoms with E-state index in [4.69, 9.17) is 22.1 Å². The van der Waals surface area contributed by atoms with Crippen LogP contribution in [0.5, 0.6) is 5.75 Å². The van der Waals surface area contributed by atoms with Crippen LogP contribution in [0.3, 0.4) is 0 Å². The summed E-state index contributed by atoms with van der Waals surface area (Å²) < 4.78 is 5.92. The van der Waals surface area contributed by atoms with Gasteiger partial charge in [0.1, 0.15) is 12.4 Å². The molecule has 0 aliphatic rings. The molecule has 3 aromatic rings. The summed E-state index contributed by atoms with van der Waals surface area (Å²) in [6, 6.07) is 23.9. The van der Waals surface area contributed by atoms with Gasteiger partial charge >= 0.3 is 0 Å². The van der Waals surface area contributed by atoms with Crippen molar-refractivity contribution in [3.8, 4) is 16.9 Å². The minimum absolute atomic E-state index is 0.419. The van der Waals surface area contributed by atoms with E-state index in [1.54, 1.807) is 0 Å². The summed E-state index contributed by atoms with van der Waals surface area (Å²) in [5.74, 6) is 0.812. The Labute approximate surface area is 141 Å². The van der Waals surface area contributed by atoms with Crippen LogP contribution >= 0.6 is 11.6 Å². The summed E-state index contributed by atoms with van der Waals surface area (Å²) in [6.07, 6.45) is 0. The minimum atomic E-state index is 0.419. The van der Waals surface area contributed by atoms with Gasteiger partial charge in [0.25, 0.3) is 0 Å². The molecule has 3 rings (SSSR count). The van der Waals surface area contributed by atoms with Gasteiger partial charge in [-0.3, -0.25) is 0 Å². The first-order chi connectivity index (χ1) is 11.3. The molecule has 0 amide bonds. The van der Waals surface area contributed by atoms with Crippen LogP contribution in [0.2, 0.25) is 5.02 Å². The molecular weight excluding hydrogens is 306 g/mol. The second-order valence-electron chi connectivity index (χ2n) is 5.28. The van der Waals surface area contributed by atoms with Crippen LogP contribution in [0, 0.1) is 0 Å². The van der Waals surface area contributed by atoms with Crippen molar-refractivity contribution in [3.63, 3.8) is 0 Å². The van der Waals surface area contributed by atoms with E-state index < -0.39 is 0 Å². The Hall–Kier alpha value is -2.29. The van der Waals surface area contributed by atoms with E-state index in [2.05, 4.69) is 0 Å². The first-order valence-electron chi connectivity index (χ1n) is 7.52. The van der Waals surface area contributed by atoms with E-state index in [1.165, 1.54) is 0 Å². The van der Waals surface area contributed by atoms with Gasteiger partial charge in [-0.2, -0.15) is 0 Å². The van der Waals surface area contributed by atoms with E-state index in [1.807, 2.05) is 72.8 Å². The average Bonchev–Trinajstić information content (AvgIpc) is 2.61. The van der Waals surface area contributed by atoms with Crippen LogP contribution in [0.25, 0.3) is 11.1 Å². The highest BCUT2D eigenvalue weighted by Crippen LogP contribution is 2.31. The molecule has 0 saturated heterocycles. The van der Waals surface area contributed by atoms with Gasteiger partial charge < -0.3 is 10.5 Å². The maximum absolute atomic E-state index is 6.27. The number of nitrogens with two attached hydrogens (primary N) is 1.